The first-order valence-corrected chi connectivity index (χ1v) is 12.5. The monoisotopic (exact) mass is 462 g/mol. The second kappa shape index (κ2) is 12.2. The van der Waals surface area contributed by atoms with E-state index in [1.807, 2.05) is 18.2 Å². The maximum Gasteiger partial charge on any atom is 0.119 e. The number of pyridine rings is 1. The van der Waals surface area contributed by atoms with Crippen molar-refractivity contribution in [3.8, 4) is 5.75 Å². The van der Waals surface area contributed by atoms with E-state index in [9.17, 15) is 10.2 Å². The van der Waals surface area contributed by atoms with E-state index in [2.05, 4.69) is 16.8 Å². The van der Waals surface area contributed by atoms with Crippen molar-refractivity contribution in [1.29, 1.82) is 0 Å². The number of methoxy groups -OCH3 is 1. The number of benzene rings is 1. The summed E-state index contributed by atoms with van der Waals surface area (Å²) in [6, 6.07) is 5.62. The molecule has 1 aliphatic heterocycles. The first kappa shape index (κ1) is 25.2. The van der Waals surface area contributed by atoms with Gasteiger partial charge in [-0.3, -0.25) is 4.98 Å². The second-order valence-corrected chi connectivity index (χ2v) is 9.78. The molecule has 6 heteroatoms. The number of hydrogen-bond acceptors (Lipinski definition) is 5. The molecule has 1 fully saturated rings. The number of likely N-dealkylation sites (tertiary alicyclic amines) is 1. The average molecular weight is 463 g/mol. The van der Waals surface area contributed by atoms with Crippen molar-refractivity contribution < 1.29 is 14.9 Å². The van der Waals surface area contributed by atoms with Gasteiger partial charge in [-0.15, -0.1) is 0 Å². The van der Waals surface area contributed by atoms with Gasteiger partial charge in [0.2, 0.25) is 0 Å². The van der Waals surface area contributed by atoms with E-state index < -0.39 is 6.10 Å². The fourth-order valence-electron chi connectivity index (χ4n) is 4.90. The lowest BCUT2D eigenvalue weighted by atomic mass is 9.74. The van der Waals surface area contributed by atoms with E-state index in [1.165, 1.54) is 32.1 Å². The van der Waals surface area contributed by atoms with Crippen molar-refractivity contribution in [2.24, 2.45) is 5.41 Å². The number of unbranched alkanes of at least 4 members (excludes halogenated alkanes) is 4. The Morgan fingerprint density at radius 1 is 1.19 bits per heavy atom. The fourth-order valence-corrected chi connectivity index (χ4v) is 5.17. The topological polar surface area (TPSA) is 65.8 Å². The summed E-state index contributed by atoms with van der Waals surface area (Å²) < 4.78 is 5.35. The average Bonchev–Trinajstić information content (AvgIpc) is 2.82. The Labute approximate surface area is 197 Å². The number of rotatable bonds is 12. The smallest absolute Gasteiger partial charge is 0.119 e. The summed E-state index contributed by atoms with van der Waals surface area (Å²) in [4.78, 5) is 6.92. The molecule has 2 heterocycles. The number of aliphatic hydroxyl groups is 2. The van der Waals surface area contributed by atoms with Crippen molar-refractivity contribution in [2.75, 3.05) is 33.4 Å². The zero-order chi connectivity index (χ0) is 23.0. The van der Waals surface area contributed by atoms with Crippen molar-refractivity contribution in [3.63, 3.8) is 0 Å². The minimum atomic E-state index is -0.708. The van der Waals surface area contributed by atoms with Gasteiger partial charge in [-0.2, -0.15) is 0 Å². The highest BCUT2D eigenvalue weighted by Crippen LogP contribution is 2.40. The molecule has 0 bridgehead atoms. The van der Waals surface area contributed by atoms with Crippen molar-refractivity contribution in [2.45, 2.75) is 70.8 Å². The number of nitrogens with zero attached hydrogens (tertiary/aromatic N) is 2. The van der Waals surface area contributed by atoms with E-state index in [4.69, 9.17) is 16.3 Å². The molecule has 178 valence electrons. The van der Waals surface area contributed by atoms with Crippen molar-refractivity contribution in [1.82, 2.24) is 9.88 Å². The molecule has 0 amide bonds. The van der Waals surface area contributed by atoms with Gasteiger partial charge in [-0.25, -0.2) is 0 Å². The van der Waals surface area contributed by atoms with Crippen LogP contribution in [-0.2, 0) is 0 Å². The van der Waals surface area contributed by atoms with Gasteiger partial charge in [0.15, 0.2) is 0 Å². The molecule has 0 unspecified atom stereocenters. The van der Waals surface area contributed by atoms with Crippen LogP contribution in [0.5, 0.6) is 5.75 Å². The lowest BCUT2D eigenvalue weighted by Gasteiger charge is -2.41. The Morgan fingerprint density at radius 2 is 1.94 bits per heavy atom. The number of aliphatic hydroxyl groups excluding tert-OH is 2. The van der Waals surface area contributed by atoms with Crippen LogP contribution in [0.1, 0.15) is 76.4 Å². The van der Waals surface area contributed by atoms with Gasteiger partial charge in [0.1, 0.15) is 5.75 Å². The Bertz CT molecular complexity index is 852. The van der Waals surface area contributed by atoms with Crippen LogP contribution in [0.4, 0.5) is 0 Å². The predicted octanol–water partition coefficient (Wildman–Crippen LogP) is 5.76. The van der Waals surface area contributed by atoms with Gasteiger partial charge in [0, 0.05) is 23.8 Å². The van der Waals surface area contributed by atoms with Gasteiger partial charge in [0.05, 0.1) is 23.8 Å². The predicted molar refractivity (Wildman–Crippen MR) is 131 cm³/mol. The second-order valence-electron chi connectivity index (χ2n) is 9.37. The maximum atomic E-state index is 11.1. The number of fused-ring (bicyclic) bond motifs is 1. The largest absolute Gasteiger partial charge is 0.497 e. The third kappa shape index (κ3) is 6.34. The molecule has 1 saturated heterocycles. The molecule has 1 aliphatic rings. The van der Waals surface area contributed by atoms with Gasteiger partial charge in [0.25, 0.3) is 0 Å². The molecular formula is C26H39ClN2O3. The minimum Gasteiger partial charge on any atom is -0.497 e. The van der Waals surface area contributed by atoms with E-state index in [1.54, 1.807) is 13.3 Å². The summed E-state index contributed by atoms with van der Waals surface area (Å²) in [5, 5.41) is 22.6. The standard InChI is InChI=1S/C26H39ClN2O3/c1-3-4-5-6-7-14-29-15-12-26(19-30,13-16-29)11-10-24(31)25-21-17-20(32-2)8-9-23(21)28-18-22(25)27/h8-9,17-18,24,30-31H,3-7,10-16,19H2,1-2H3/t24-/m1/s1. The normalized spacial score (nSPS) is 17.5. The molecule has 2 N–H and O–H groups in total. The lowest BCUT2D eigenvalue weighted by molar-refractivity contribution is 0.0232. The molecule has 32 heavy (non-hydrogen) atoms. The molecule has 3 rings (SSSR count). The van der Waals surface area contributed by atoms with Crippen LogP contribution in [0.25, 0.3) is 10.9 Å². The molecule has 0 radical (unpaired) electrons. The Hall–Kier alpha value is -1.40. The summed E-state index contributed by atoms with van der Waals surface area (Å²) in [6.45, 7) is 5.64. The summed E-state index contributed by atoms with van der Waals surface area (Å²) in [5.74, 6) is 0.712. The highest BCUT2D eigenvalue weighted by atomic mass is 35.5. The van der Waals surface area contributed by atoms with Gasteiger partial charge in [-0.1, -0.05) is 44.2 Å². The van der Waals surface area contributed by atoms with E-state index in [0.717, 1.165) is 49.8 Å². The summed E-state index contributed by atoms with van der Waals surface area (Å²) in [7, 11) is 1.62. The van der Waals surface area contributed by atoms with Gasteiger partial charge >= 0.3 is 0 Å². The SMILES string of the molecule is CCCCCCCN1CCC(CO)(CC[C@@H](O)c2c(Cl)cnc3ccc(OC)cc23)CC1. The van der Waals surface area contributed by atoms with Gasteiger partial charge in [-0.05, 0) is 75.4 Å². The first-order chi connectivity index (χ1) is 15.5. The van der Waals surface area contributed by atoms with Crippen LogP contribution in [0.3, 0.4) is 0 Å². The molecular weight excluding hydrogens is 424 g/mol. The first-order valence-electron chi connectivity index (χ1n) is 12.2. The molecule has 0 saturated carbocycles. The summed E-state index contributed by atoms with van der Waals surface area (Å²) in [6.07, 6.45) is 10.7. The Kier molecular flexibility index (Phi) is 9.60. The zero-order valence-electron chi connectivity index (χ0n) is 19.7. The fraction of sp³-hybridized carbons (Fsp3) is 0.654. The van der Waals surface area contributed by atoms with Crippen LogP contribution in [0.15, 0.2) is 24.4 Å². The Morgan fingerprint density at radius 3 is 2.62 bits per heavy atom. The van der Waals surface area contributed by atoms with Crippen LogP contribution in [-0.4, -0.2) is 53.4 Å². The van der Waals surface area contributed by atoms with E-state index in [0.29, 0.717) is 22.8 Å². The minimum absolute atomic E-state index is 0.118. The van der Waals surface area contributed by atoms with Crippen LogP contribution >= 0.6 is 11.6 Å². The molecule has 5 nitrogen and oxygen atoms in total. The molecule has 2 aromatic rings. The van der Waals surface area contributed by atoms with Crippen LogP contribution in [0.2, 0.25) is 5.02 Å². The number of piperidine rings is 1. The van der Waals surface area contributed by atoms with E-state index in [-0.39, 0.29) is 12.0 Å². The van der Waals surface area contributed by atoms with Crippen LogP contribution in [0, 0.1) is 5.41 Å². The lowest BCUT2D eigenvalue weighted by Crippen LogP contribution is -2.42. The highest BCUT2D eigenvalue weighted by molar-refractivity contribution is 6.32. The summed E-state index contributed by atoms with van der Waals surface area (Å²) in [5.41, 5.74) is 1.37. The molecule has 1 aromatic carbocycles. The molecule has 0 spiro atoms. The number of ether oxygens (including phenoxy) is 1. The third-order valence-corrected chi connectivity index (χ3v) is 7.48. The van der Waals surface area contributed by atoms with Crippen LogP contribution < -0.4 is 4.74 Å². The van der Waals surface area contributed by atoms with E-state index >= 15 is 0 Å². The molecule has 0 aliphatic carbocycles. The maximum absolute atomic E-state index is 11.1. The quantitative estimate of drug-likeness (QED) is 0.393. The number of hydrogen-bond donors (Lipinski definition) is 2. The molecule has 1 aromatic heterocycles. The summed E-state index contributed by atoms with van der Waals surface area (Å²) >= 11 is 6.46. The van der Waals surface area contributed by atoms with Crippen molar-refractivity contribution in [3.05, 3.63) is 35.0 Å². The number of aromatic nitrogens is 1. The highest BCUT2D eigenvalue weighted by Gasteiger charge is 2.34. The van der Waals surface area contributed by atoms with Crippen molar-refractivity contribution >= 4 is 22.5 Å². The molecule has 1 atom stereocenters. The zero-order valence-corrected chi connectivity index (χ0v) is 20.4. The Balaban J connectivity index is 1.59. The van der Waals surface area contributed by atoms with Gasteiger partial charge < -0.3 is 19.8 Å². The third-order valence-electron chi connectivity index (χ3n) is 7.18. The number of halogens is 1.